The number of nitrogens with one attached hydrogen (secondary N) is 1. The second kappa shape index (κ2) is 9.21. The normalized spacial score (nSPS) is 19.0. The quantitative estimate of drug-likeness (QED) is 0.583. The molecule has 1 fully saturated rings. The first-order valence-corrected chi connectivity index (χ1v) is 11.9. The molecule has 3 aromatic rings. The van der Waals surface area contributed by atoms with Gasteiger partial charge in [0.25, 0.3) is 10.0 Å². The highest BCUT2D eigenvalue weighted by molar-refractivity contribution is 7.92. The molecule has 2 unspecified atom stereocenters. The molecule has 0 aliphatic carbocycles. The molecule has 4 nitrogen and oxygen atoms in total. The number of hydrogen-bond acceptors (Lipinski definition) is 3. The van der Waals surface area contributed by atoms with Gasteiger partial charge >= 0.3 is 0 Å². The van der Waals surface area contributed by atoms with Crippen molar-refractivity contribution in [2.45, 2.75) is 11.3 Å². The summed E-state index contributed by atoms with van der Waals surface area (Å²) in [4.78, 5) is 0.297. The average Bonchev–Trinajstić information content (AvgIpc) is 3.21. The Morgan fingerprint density at radius 3 is 2.10 bits per heavy atom. The molecule has 1 saturated heterocycles. The molecule has 0 bridgehead atoms. The lowest BCUT2D eigenvalue weighted by atomic mass is 9.89. The van der Waals surface area contributed by atoms with Gasteiger partial charge in [-0.2, -0.15) is 0 Å². The zero-order valence-electron chi connectivity index (χ0n) is 16.6. The van der Waals surface area contributed by atoms with Gasteiger partial charge in [0.05, 0.1) is 10.6 Å². The minimum absolute atomic E-state index is 0.208. The van der Waals surface area contributed by atoms with Crippen molar-refractivity contribution in [3.63, 3.8) is 0 Å². The van der Waals surface area contributed by atoms with Gasteiger partial charge in [-0.25, -0.2) is 8.42 Å². The first-order valence-electron chi connectivity index (χ1n) is 10.1. The molecule has 1 aliphatic rings. The molecule has 1 aliphatic heterocycles. The summed E-state index contributed by atoms with van der Waals surface area (Å²) in [6, 6.07) is 26.0. The zero-order chi connectivity index (χ0) is 21.0. The monoisotopic (exact) mass is 440 g/mol. The lowest BCUT2D eigenvalue weighted by molar-refractivity contribution is 0.425. The van der Waals surface area contributed by atoms with Crippen molar-refractivity contribution in [2.24, 2.45) is 11.8 Å². The largest absolute Gasteiger partial charge is 0.316 e. The van der Waals surface area contributed by atoms with Gasteiger partial charge in [-0.05, 0) is 66.8 Å². The van der Waals surface area contributed by atoms with Crippen LogP contribution in [-0.2, 0) is 16.4 Å². The number of anilines is 1. The third-order valence-corrected chi connectivity index (χ3v) is 7.73. The van der Waals surface area contributed by atoms with Crippen LogP contribution in [0, 0.1) is 11.8 Å². The number of nitrogens with zero attached hydrogens (tertiary/aromatic N) is 1. The number of sulfonamides is 1. The molecule has 6 heteroatoms. The average molecular weight is 441 g/mol. The van der Waals surface area contributed by atoms with Gasteiger partial charge in [0.1, 0.15) is 0 Å². The van der Waals surface area contributed by atoms with E-state index in [0.29, 0.717) is 28.1 Å². The molecule has 4 rings (SSSR count). The Morgan fingerprint density at radius 2 is 1.43 bits per heavy atom. The van der Waals surface area contributed by atoms with E-state index in [4.69, 9.17) is 11.6 Å². The summed E-state index contributed by atoms with van der Waals surface area (Å²) < 4.78 is 28.6. The fourth-order valence-electron chi connectivity index (χ4n) is 4.04. The van der Waals surface area contributed by atoms with E-state index in [0.717, 1.165) is 19.5 Å². The van der Waals surface area contributed by atoms with Crippen LogP contribution in [0.15, 0.2) is 89.8 Å². The van der Waals surface area contributed by atoms with E-state index in [2.05, 4.69) is 17.4 Å². The van der Waals surface area contributed by atoms with Crippen molar-refractivity contribution in [2.75, 3.05) is 23.9 Å². The Labute approximate surface area is 183 Å². The molecular formula is C24H25ClN2O2S. The number of halogens is 1. The highest BCUT2D eigenvalue weighted by Crippen LogP contribution is 2.30. The van der Waals surface area contributed by atoms with Gasteiger partial charge in [0.2, 0.25) is 0 Å². The van der Waals surface area contributed by atoms with Crippen LogP contribution in [0.4, 0.5) is 5.69 Å². The van der Waals surface area contributed by atoms with Crippen LogP contribution in [0.2, 0.25) is 5.02 Å². The Balaban J connectivity index is 1.63. The van der Waals surface area contributed by atoms with Crippen molar-refractivity contribution in [3.05, 3.63) is 95.5 Å². The SMILES string of the molecule is O=S(=O)(c1ccccc1)N(CC1CNCC1Cc1ccccc1)c1ccc(Cl)cc1. The van der Waals surface area contributed by atoms with Crippen molar-refractivity contribution in [1.82, 2.24) is 5.32 Å². The second-order valence-corrected chi connectivity index (χ2v) is 9.99. The highest BCUT2D eigenvalue weighted by atomic mass is 35.5. The number of rotatable bonds is 7. The number of hydrogen-bond donors (Lipinski definition) is 1. The van der Waals surface area contributed by atoms with E-state index in [1.54, 1.807) is 48.5 Å². The molecule has 30 heavy (non-hydrogen) atoms. The Hall–Kier alpha value is -2.34. The molecule has 0 amide bonds. The van der Waals surface area contributed by atoms with Crippen LogP contribution in [0.3, 0.4) is 0 Å². The highest BCUT2D eigenvalue weighted by Gasteiger charge is 2.33. The smallest absolute Gasteiger partial charge is 0.264 e. The molecule has 0 radical (unpaired) electrons. The maximum absolute atomic E-state index is 13.5. The maximum atomic E-state index is 13.5. The predicted molar refractivity (Wildman–Crippen MR) is 122 cm³/mol. The van der Waals surface area contributed by atoms with E-state index in [1.165, 1.54) is 9.87 Å². The van der Waals surface area contributed by atoms with Gasteiger partial charge in [0, 0.05) is 18.1 Å². The standard InChI is InChI=1S/C24H25ClN2O2S/c25-22-11-13-23(14-12-22)27(30(28,29)24-9-5-2-6-10-24)18-21-17-26-16-20(21)15-19-7-3-1-4-8-19/h1-14,20-21,26H,15-18H2. The Kier molecular flexibility index (Phi) is 6.42. The summed E-state index contributed by atoms with van der Waals surface area (Å²) in [5.41, 5.74) is 1.91. The van der Waals surface area contributed by atoms with Crippen molar-refractivity contribution >= 4 is 27.3 Å². The first-order chi connectivity index (χ1) is 14.5. The van der Waals surface area contributed by atoms with E-state index >= 15 is 0 Å². The Bertz CT molecular complexity index is 1060. The van der Waals surface area contributed by atoms with Gasteiger partial charge in [-0.15, -0.1) is 0 Å². The maximum Gasteiger partial charge on any atom is 0.264 e. The summed E-state index contributed by atoms with van der Waals surface area (Å²) in [6.07, 6.45) is 0.929. The third-order valence-electron chi connectivity index (χ3n) is 5.67. The number of benzene rings is 3. The van der Waals surface area contributed by atoms with E-state index < -0.39 is 10.0 Å². The van der Waals surface area contributed by atoms with Gasteiger partial charge in [-0.1, -0.05) is 60.1 Å². The third kappa shape index (κ3) is 4.69. The Morgan fingerprint density at radius 1 is 0.833 bits per heavy atom. The van der Waals surface area contributed by atoms with Gasteiger partial charge in [-0.3, -0.25) is 4.31 Å². The molecule has 1 N–H and O–H groups in total. The van der Waals surface area contributed by atoms with E-state index in [1.807, 2.05) is 24.3 Å². The molecule has 0 spiro atoms. The van der Waals surface area contributed by atoms with Crippen LogP contribution in [-0.4, -0.2) is 28.1 Å². The van der Waals surface area contributed by atoms with Crippen molar-refractivity contribution in [3.8, 4) is 0 Å². The molecule has 0 aromatic heterocycles. The molecule has 2 atom stereocenters. The zero-order valence-corrected chi connectivity index (χ0v) is 18.2. The van der Waals surface area contributed by atoms with Crippen LogP contribution >= 0.6 is 11.6 Å². The molecule has 1 heterocycles. The van der Waals surface area contributed by atoms with Gasteiger partial charge in [0.15, 0.2) is 0 Å². The summed E-state index contributed by atoms with van der Waals surface area (Å²) in [5, 5.41) is 4.04. The molecule has 156 valence electrons. The molecule has 0 saturated carbocycles. The summed E-state index contributed by atoms with van der Waals surface area (Å²) in [7, 11) is -3.69. The lowest BCUT2D eigenvalue weighted by Gasteiger charge is -2.29. The minimum Gasteiger partial charge on any atom is -0.316 e. The van der Waals surface area contributed by atoms with E-state index in [-0.39, 0.29) is 5.92 Å². The predicted octanol–water partition coefficient (Wildman–Crippen LogP) is 4.61. The van der Waals surface area contributed by atoms with Crippen LogP contribution in [0.25, 0.3) is 0 Å². The van der Waals surface area contributed by atoms with Crippen molar-refractivity contribution in [1.29, 1.82) is 0 Å². The summed E-state index contributed by atoms with van der Waals surface area (Å²) >= 11 is 6.05. The minimum atomic E-state index is -3.69. The van der Waals surface area contributed by atoms with Crippen LogP contribution in [0.1, 0.15) is 5.56 Å². The fraction of sp³-hybridized carbons (Fsp3) is 0.250. The fourth-order valence-corrected chi connectivity index (χ4v) is 5.71. The lowest BCUT2D eigenvalue weighted by Crippen LogP contribution is -2.38. The van der Waals surface area contributed by atoms with Crippen LogP contribution < -0.4 is 9.62 Å². The van der Waals surface area contributed by atoms with Crippen LogP contribution in [0.5, 0.6) is 0 Å². The summed E-state index contributed by atoms with van der Waals surface area (Å²) in [5.74, 6) is 0.576. The van der Waals surface area contributed by atoms with Gasteiger partial charge < -0.3 is 5.32 Å². The second-order valence-electron chi connectivity index (χ2n) is 7.69. The topological polar surface area (TPSA) is 49.4 Å². The molecule has 3 aromatic carbocycles. The first kappa shape index (κ1) is 20.9. The van der Waals surface area contributed by atoms with E-state index in [9.17, 15) is 8.42 Å². The summed E-state index contributed by atoms with van der Waals surface area (Å²) in [6.45, 7) is 2.11. The van der Waals surface area contributed by atoms with Crippen molar-refractivity contribution < 1.29 is 8.42 Å². The molecular weight excluding hydrogens is 416 g/mol.